The maximum atomic E-state index is 12.1. The molecule has 0 atom stereocenters. The summed E-state index contributed by atoms with van der Waals surface area (Å²) in [5.41, 5.74) is 9.44. The van der Waals surface area contributed by atoms with Crippen molar-refractivity contribution in [1.82, 2.24) is 0 Å². The minimum Gasteiger partial charge on any atom is -0.497 e. The van der Waals surface area contributed by atoms with Gasteiger partial charge >= 0.3 is 0 Å². The molecule has 1 amide bonds. The number of nitrogen functional groups attached to an aromatic ring is 1. The number of nitrogens with two attached hydrogens (primary N) is 1. The highest BCUT2D eigenvalue weighted by molar-refractivity contribution is 5.94. The Morgan fingerprint density at radius 2 is 1.82 bits per heavy atom. The lowest BCUT2D eigenvalue weighted by atomic mass is 10.1. The minimum atomic E-state index is -0.0560. The number of aryl methyl sites for hydroxylation is 2. The molecule has 0 fully saturated rings. The van der Waals surface area contributed by atoms with Crippen LogP contribution in [0.4, 0.5) is 11.4 Å². The standard InChI is InChI=1S/C18H22N2O2/c1-3-13-4-6-14(7-5-13)8-11-18(21)20-17-12-15(22-2)9-10-16(17)19/h4-7,9-10,12H,3,8,11,19H2,1-2H3,(H,20,21). The molecule has 2 aromatic carbocycles. The van der Waals surface area contributed by atoms with Crippen LogP contribution in [-0.2, 0) is 17.6 Å². The van der Waals surface area contributed by atoms with E-state index >= 15 is 0 Å². The Kier molecular flexibility index (Phi) is 5.42. The van der Waals surface area contributed by atoms with Crippen molar-refractivity contribution in [1.29, 1.82) is 0 Å². The molecule has 116 valence electrons. The van der Waals surface area contributed by atoms with Crippen LogP contribution in [0.15, 0.2) is 42.5 Å². The van der Waals surface area contributed by atoms with Crippen LogP contribution in [0, 0.1) is 0 Å². The van der Waals surface area contributed by atoms with Crippen LogP contribution in [0.5, 0.6) is 5.75 Å². The first kappa shape index (κ1) is 15.9. The molecule has 0 heterocycles. The van der Waals surface area contributed by atoms with E-state index in [-0.39, 0.29) is 5.91 Å². The molecule has 0 aliphatic carbocycles. The number of hydrogen-bond donors (Lipinski definition) is 2. The third kappa shape index (κ3) is 4.25. The molecular formula is C18H22N2O2. The summed E-state index contributed by atoms with van der Waals surface area (Å²) in [7, 11) is 1.58. The highest BCUT2D eigenvalue weighted by Crippen LogP contribution is 2.24. The van der Waals surface area contributed by atoms with E-state index in [0.29, 0.717) is 30.0 Å². The van der Waals surface area contributed by atoms with Crippen LogP contribution in [0.2, 0.25) is 0 Å². The number of amides is 1. The van der Waals surface area contributed by atoms with Crippen molar-refractivity contribution in [3.05, 3.63) is 53.6 Å². The second-order valence-electron chi connectivity index (χ2n) is 5.17. The quantitative estimate of drug-likeness (QED) is 0.803. The summed E-state index contributed by atoms with van der Waals surface area (Å²) in [4.78, 5) is 12.1. The Morgan fingerprint density at radius 1 is 1.14 bits per heavy atom. The van der Waals surface area contributed by atoms with Crippen LogP contribution < -0.4 is 15.8 Å². The average Bonchev–Trinajstić information content (AvgIpc) is 2.55. The van der Waals surface area contributed by atoms with Gasteiger partial charge in [-0.05, 0) is 36.1 Å². The van der Waals surface area contributed by atoms with Gasteiger partial charge in [0.05, 0.1) is 18.5 Å². The summed E-state index contributed by atoms with van der Waals surface area (Å²) >= 11 is 0. The molecule has 4 heteroatoms. The molecule has 0 saturated carbocycles. The fourth-order valence-corrected chi connectivity index (χ4v) is 2.18. The van der Waals surface area contributed by atoms with Gasteiger partial charge in [0, 0.05) is 12.5 Å². The molecule has 0 aliphatic heterocycles. The first-order chi connectivity index (χ1) is 10.6. The molecule has 2 rings (SSSR count). The van der Waals surface area contributed by atoms with Crippen LogP contribution in [0.3, 0.4) is 0 Å². The van der Waals surface area contributed by atoms with E-state index in [1.807, 2.05) is 0 Å². The number of ether oxygens (including phenoxy) is 1. The minimum absolute atomic E-state index is 0.0560. The van der Waals surface area contributed by atoms with Crippen molar-refractivity contribution in [2.24, 2.45) is 0 Å². The number of methoxy groups -OCH3 is 1. The van der Waals surface area contributed by atoms with Crippen molar-refractivity contribution in [3.63, 3.8) is 0 Å². The van der Waals surface area contributed by atoms with Gasteiger partial charge in [-0.3, -0.25) is 4.79 Å². The van der Waals surface area contributed by atoms with Crippen molar-refractivity contribution in [2.45, 2.75) is 26.2 Å². The van der Waals surface area contributed by atoms with Crippen molar-refractivity contribution in [3.8, 4) is 5.75 Å². The van der Waals surface area contributed by atoms with Gasteiger partial charge in [-0.1, -0.05) is 31.2 Å². The second kappa shape index (κ2) is 7.50. The Morgan fingerprint density at radius 3 is 2.45 bits per heavy atom. The Balaban J connectivity index is 1.92. The lowest BCUT2D eigenvalue weighted by molar-refractivity contribution is -0.116. The predicted molar refractivity (Wildman–Crippen MR) is 90.2 cm³/mol. The average molecular weight is 298 g/mol. The molecular weight excluding hydrogens is 276 g/mol. The zero-order chi connectivity index (χ0) is 15.9. The third-order valence-electron chi connectivity index (χ3n) is 3.61. The van der Waals surface area contributed by atoms with Crippen LogP contribution in [0.25, 0.3) is 0 Å². The zero-order valence-corrected chi connectivity index (χ0v) is 13.1. The SMILES string of the molecule is CCc1ccc(CCC(=O)Nc2cc(OC)ccc2N)cc1. The molecule has 0 radical (unpaired) electrons. The van der Waals surface area contributed by atoms with Gasteiger partial charge in [-0.2, -0.15) is 0 Å². The van der Waals surface area contributed by atoms with Crippen LogP contribution in [-0.4, -0.2) is 13.0 Å². The van der Waals surface area contributed by atoms with Crippen molar-refractivity contribution in [2.75, 3.05) is 18.2 Å². The third-order valence-corrected chi connectivity index (χ3v) is 3.61. The summed E-state index contributed by atoms with van der Waals surface area (Å²) in [6, 6.07) is 13.6. The number of carbonyl (C=O) groups excluding carboxylic acids is 1. The molecule has 22 heavy (non-hydrogen) atoms. The molecule has 0 spiro atoms. The summed E-state index contributed by atoms with van der Waals surface area (Å²) in [6.45, 7) is 2.13. The topological polar surface area (TPSA) is 64.3 Å². The molecule has 3 N–H and O–H groups in total. The lowest BCUT2D eigenvalue weighted by Gasteiger charge is -2.10. The predicted octanol–water partition coefficient (Wildman–Crippen LogP) is 3.41. The number of anilines is 2. The fraction of sp³-hybridized carbons (Fsp3) is 0.278. The van der Waals surface area contributed by atoms with Gasteiger partial charge in [-0.15, -0.1) is 0 Å². The molecule has 2 aromatic rings. The zero-order valence-electron chi connectivity index (χ0n) is 13.1. The van der Waals surface area contributed by atoms with E-state index in [4.69, 9.17) is 10.5 Å². The lowest BCUT2D eigenvalue weighted by Crippen LogP contribution is -2.13. The smallest absolute Gasteiger partial charge is 0.224 e. The van der Waals surface area contributed by atoms with E-state index in [9.17, 15) is 4.79 Å². The van der Waals surface area contributed by atoms with Crippen molar-refractivity contribution >= 4 is 17.3 Å². The Bertz CT molecular complexity index is 636. The number of rotatable bonds is 6. The Hall–Kier alpha value is -2.49. The van der Waals surface area contributed by atoms with Gasteiger partial charge in [0.2, 0.25) is 5.91 Å². The fourth-order valence-electron chi connectivity index (χ4n) is 2.18. The number of hydrogen-bond acceptors (Lipinski definition) is 3. The number of benzene rings is 2. The van der Waals surface area contributed by atoms with E-state index in [0.717, 1.165) is 12.0 Å². The van der Waals surface area contributed by atoms with E-state index < -0.39 is 0 Å². The Labute approximate surface area is 131 Å². The van der Waals surface area contributed by atoms with Crippen molar-refractivity contribution < 1.29 is 9.53 Å². The molecule has 0 bridgehead atoms. The molecule has 4 nitrogen and oxygen atoms in total. The summed E-state index contributed by atoms with van der Waals surface area (Å²) in [6.07, 6.45) is 2.15. The van der Waals surface area contributed by atoms with Gasteiger partial charge in [-0.25, -0.2) is 0 Å². The monoisotopic (exact) mass is 298 g/mol. The molecule has 0 saturated heterocycles. The number of nitrogens with one attached hydrogen (secondary N) is 1. The van der Waals surface area contributed by atoms with E-state index in [2.05, 4.69) is 36.5 Å². The van der Waals surface area contributed by atoms with Gasteiger partial charge < -0.3 is 15.8 Å². The largest absolute Gasteiger partial charge is 0.497 e. The van der Waals surface area contributed by atoms with Gasteiger partial charge in [0.15, 0.2) is 0 Å². The molecule has 0 aromatic heterocycles. The second-order valence-corrected chi connectivity index (χ2v) is 5.17. The van der Waals surface area contributed by atoms with E-state index in [1.165, 1.54) is 5.56 Å². The molecule has 0 unspecified atom stereocenters. The van der Waals surface area contributed by atoms with Crippen LogP contribution in [0.1, 0.15) is 24.5 Å². The highest BCUT2D eigenvalue weighted by atomic mass is 16.5. The van der Waals surface area contributed by atoms with E-state index in [1.54, 1.807) is 25.3 Å². The summed E-state index contributed by atoms with van der Waals surface area (Å²) < 4.78 is 5.14. The maximum absolute atomic E-state index is 12.1. The van der Waals surface area contributed by atoms with Crippen LogP contribution >= 0.6 is 0 Å². The van der Waals surface area contributed by atoms with Gasteiger partial charge in [0.1, 0.15) is 5.75 Å². The first-order valence-electron chi connectivity index (χ1n) is 7.43. The summed E-state index contributed by atoms with van der Waals surface area (Å²) in [5.74, 6) is 0.610. The first-order valence-corrected chi connectivity index (χ1v) is 7.43. The van der Waals surface area contributed by atoms with Gasteiger partial charge in [0.25, 0.3) is 0 Å². The normalized spacial score (nSPS) is 10.3. The summed E-state index contributed by atoms with van der Waals surface area (Å²) in [5, 5.41) is 2.83. The molecule has 0 aliphatic rings. The number of carbonyl (C=O) groups is 1. The highest BCUT2D eigenvalue weighted by Gasteiger charge is 2.07. The maximum Gasteiger partial charge on any atom is 0.224 e.